The molecule has 2 aromatic rings. The van der Waals surface area contributed by atoms with E-state index in [9.17, 15) is 9.59 Å². The van der Waals surface area contributed by atoms with Crippen LogP contribution in [0.25, 0.3) is 0 Å². The molecule has 1 fully saturated rings. The molecule has 0 saturated carbocycles. The lowest BCUT2D eigenvalue weighted by Gasteiger charge is -2.21. The first kappa shape index (κ1) is 14.3. The minimum absolute atomic E-state index is 0.257. The van der Waals surface area contributed by atoms with E-state index in [1.54, 1.807) is 31.5 Å². The van der Waals surface area contributed by atoms with Gasteiger partial charge in [-0.05, 0) is 25.5 Å². The van der Waals surface area contributed by atoms with Gasteiger partial charge in [-0.1, -0.05) is 35.9 Å². The number of nitrogens with zero attached hydrogens (tertiary/aromatic N) is 2. The maximum Gasteiger partial charge on any atom is 0.325 e. The maximum absolute atomic E-state index is 12.7. The van der Waals surface area contributed by atoms with E-state index in [0.29, 0.717) is 5.56 Å². The summed E-state index contributed by atoms with van der Waals surface area (Å²) in [5, 5.41) is 2.78. The molecule has 3 amide bonds. The number of benzene rings is 1. The molecule has 3 rings (SSSR count). The van der Waals surface area contributed by atoms with Gasteiger partial charge in [0, 0.05) is 18.0 Å². The maximum atomic E-state index is 12.7. The van der Waals surface area contributed by atoms with E-state index in [-0.39, 0.29) is 18.5 Å². The van der Waals surface area contributed by atoms with Crippen molar-refractivity contribution in [2.24, 2.45) is 0 Å². The van der Waals surface area contributed by atoms with E-state index in [4.69, 9.17) is 0 Å². The van der Waals surface area contributed by atoms with E-state index in [0.717, 1.165) is 11.1 Å². The first-order chi connectivity index (χ1) is 10.5. The van der Waals surface area contributed by atoms with Gasteiger partial charge in [-0.2, -0.15) is 0 Å². The van der Waals surface area contributed by atoms with Crippen molar-refractivity contribution in [3.8, 4) is 0 Å². The largest absolute Gasteiger partial charge is 0.325 e. The molecule has 0 radical (unpaired) electrons. The summed E-state index contributed by atoms with van der Waals surface area (Å²) < 4.78 is 0. The molecule has 1 aromatic heterocycles. The molecule has 112 valence electrons. The zero-order valence-electron chi connectivity index (χ0n) is 12.5. The second-order valence-corrected chi connectivity index (χ2v) is 5.68. The zero-order valence-corrected chi connectivity index (χ0v) is 12.5. The number of aryl methyl sites for hydroxylation is 1. The van der Waals surface area contributed by atoms with Crippen LogP contribution in [0.5, 0.6) is 0 Å². The van der Waals surface area contributed by atoms with E-state index < -0.39 is 5.54 Å². The summed E-state index contributed by atoms with van der Waals surface area (Å²) in [7, 11) is 0. The van der Waals surface area contributed by atoms with Crippen LogP contribution in [0.2, 0.25) is 0 Å². The van der Waals surface area contributed by atoms with Gasteiger partial charge in [0.25, 0.3) is 5.91 Å². The average Bonchev–Trinajstić information content (AvgIpc) is 2.73. The number of carbonyl (C=O) groups excluding carboxylic acids is 2. The summed E-state index contributed by atoms with van der Waals surface area (Å²) in [5.74, 6) is -0.257. The molecule has 1 atom stereocenters. The molecule has 1 saturated heterocycles. The van der Waals surface area contributed by atoms with Crippen LogP contribution >= 0.6 is 0 Å². The Morgan fingerprint density at radius 3 is 2.73 bits per heavy atom. The smallest absolute Gasteiger partial charge is 0.319 e. The number of rotatable bonds is 3. The van der Waals surface area contributed by atoms with Crippen molar-refractivity contribution in [2.45, 2.75) is 25.9 Å². The predicted octanol–water partition coefficient (Wildman–Crippen LogP) is 2.36. The third-order valence-electron chi connectivity index (χ3n) is 3.94. The van der Waals surface area contributed by atoms with E-state index in [1.807, 2.05) is 31.2 Å². The molecule has 22 heavy (non-hydrogen) atoms. The molecule has 1 aromatic carbocycles. The molecule has 0 bridgehead atoms. The second-order valence-electron chi connectivity index (χ2n) is 5.68. The lowest BCUT2D eigenvalue weighted by atomic mass is 9.93. The van der Waals surface area contributed by atoms with Crippen LogP contribution in [0.4, 0.5) is 4.79 Å². The third kappa shape index (κ3) is 2.35. The highest BCUT2D eigenvalue weighted by Crippen LogP contribution is 2.29. The minimum atomic E-state index is -1.06. The van der Waals surface area contributed by atoms with Gasteiger partial charge in [-0.15, -0.1) is 0 Å². The van der Waals surface area contributed by atoms with E-state index in [1.165, 1.54) is 4.90 Å². The molecule has 0 spiro atoms. The van der Waals surface area contributed by atoms with Crippen molar-refractivity contribution in [3.05, 3.63) is 65.5 Å². The summed E-state index contributed by atoms with van der Waals surface area (Å²) in [4.78, 5) is 30.3. The van der Waals surface area contributed by atoms with Gasteiger partial charge in [0.2, 0.25) is 0 Å². The Morgan fingerprint density at radius 1 is 1.23 bits per heavy atom. The Hall–Kier alpha value is -2.69. The number of nitrogens with one attached hydrogen (secondary N) is 1. The molecular weight excluding hydrogens is 278 g/mol. The summed E-state index contributed by atoms with van der Waals surface area (Å²) in [6.07, 6.45) is 3.24. The average molecular weight is 295 g/mol. The van der Waals surface area contributed by atoms with Crippen LogP contribution in [0.3, 0.4) is 0 Å². The summed E-state index contributed by atoms with van der Waals surface area (Å²) in [6.45, 7) is 3.96. The fourth-order valence-corrected chi connectivity index (χ4v) is 2.69. The van der Waals surface area contributed by atoms with Crippen molar-refractivity contribution in [1.82, 2.24) is 15.2 Å². The van der Waals surface area contributed by atoms with Gasteiger partial charge in [0.1, 0.15) is 5.54 Å². The Balaban J connectivity index is 1.89. The second kappa shape index (κ2) is 5.26. The summed E-state index contributed by atoms with van der Waals surface area (Å²) in [6, 6.07) is 11.0. The molecule has 1 N–H and O–H groups in total. The number of hydrogen-bond donors (Lipinski definition) is 1. The van der Waals surface area contributed by atoms with Crippen molar-refractivity contribution in [1.29, 1.82) is 0 Å². The molecule has 5 heteroatoms. The highest BCUT2D eigenvalue weighted by Gasteiger charge is 2.48. The Morgan fingerprint density at radius 2 is 2.05 bits per heavy atom. The fourth-order valence-electron chi connectivity index (χ4n) is 2.69. The predicted molar refractivity (Wildman–Crippen MR) is 81.8 cm³/mol. The van der Waals surface area contributed by atoms with Crippen LogP contribution in [-0.4, -0.2) is 21.8 Å². The monoisotopic (exact) mass is 295 g/mol. The summed E-state index contributed by atoms with van der Waals surface area (Å²) >= 11 is 0. The van der Waals surface area contributed by atoms with Crippen LogP contribution in [-0.2, 0) is 16.9 Å². The Labute approximate surface area is 129 Å². The number of imide groups is 1. The Kier molecular flexibility index (Phi) is 3.41. The number of hydrogen-bond acceptors (Lipinski definition) is 3. The van der Waals surface area contributed by atoms with Crippen LogP contribution in [0, 0.1) is 6.92 Å². The SMILES string of the molecule is Cc1cccc(CN2C(=O)NC(C)(c3cccnc3)C2=O)c1. The van der Waals surface area contributed by atoms with Crippen LogP contribution in [0.15, 0.2) is 48.8 Å². The number of aromatic nitrogens is 1. The van der Waals surface area contributed by atoms with E-state index >= 15 is 0 Å². The molecule has 1 aliphatic heterocycles. The van der Waals surface area contributed by atoms with Gasteiger partial charge >= 0.3 is 6.03 Å². The molecule has 1 aliphatic rings. The number of amides is 3. The number of pyridine rings is 1. The highest BCUT2D eigenvalue weighted by atomic mass is 16.2. The quantitative estimate of drug-likeness (QED) is 0.884. The lowest BCUT2D eigenvalue weighted by molar-refractivity contribution is -0.131. The standard InChI is InChI=1S/C17H17N3O2/c1-12-5-3-6-13(9-12)11-20-15(21)17(2,19-16(20)22)14-7-4-8-18-10-14/h3-10H,11H2,1-2H3,(H,19,22). The van der Waals surface area contributed by atoms with Gasteiger partial charge in [-0.25, -0.2) is 4.79 Å². The molecule has 1 unspecified atom stereocenters. The molecule has 0 aliphatic carbocycles. The molecule has 5 nitrogen and oxygen atoms in total. The van der Waals surface area contributed by atoms with Crippen molar-refractivity contribution >= 4 is 11.9 Å². The van der Waals surface area contributed by atoms with Crippen LogP contribution < -0.4 is 5.32 Å². The van der Waals surface area contributed by atoms with Crippen molar-refractivity contribution in [2.75, 3.05) is 0 Å². The minimum Gasteiger partial charge on any atom is -0.319 e. The van der Waals surface area contributed by atoms with Gasteiger partial charge < -0.3 is 5.32 Å². The Bertz CT molecular complexity index is 730. The van der Waals surface area contributed by atoms with Crippen LogP contribution in [0.1, 0.15) is 23.6 Å². The number of carbonyl (C=O) groups is 2. The van der Waals surface area contributed by atoms with Gasteiger partial charge in [0.05, 0.1) is 6.54 Å². The first-order valence-corrected chi connectivity index (χ1v) is 7.11. The normalized spacial score (nSPS) is 21.1. The fraction of sp³-hybridized carbons (Fsp3) is 0.235. The third-order valence-corrected chi connectivity index (χ3v) is 3.94. The summed E-state index contributed by atoms with van der Waals surface area (Å²) in [5.41, 5.74) is 1.65. The zero-order chi connectivity index (χ0) is 15.7. The molecular formula is C17H17N3O2. The number of urea groups is 1. The molecule has 2 heterocycles. The first-order valence-electron chi connectivity index (χ1n) is 7.11. The van der Waals surface area contributed by atoms with Gasteiger partial charge in [-0.3, -0.25) is 14.7 Å². The highest BCUT2D eigenvalue weighted by molar-refractivity contribution is 6.07. The van der Waals surface area contributed by atoms with Crippen molar-refractivity contribution in [3.63, 3.8) is 0 Å². The van der Waals surface area contributed by atoms with Crippen molar-refractivity contribution < 1.29 is 9.59 Å². The van der Waals surface area contributed by atoms with Gasteiger partial charge in [0.15, 0.2) is 0 Å². The van der Waals surface area contributed by atoms with E-state index in [2.05, 4.69) is 10.3 Å². The topological polar surface area (TPSA) is 62.3 Å². The lowest BCUT2D eigenvalue weighted by Crippen LogP contribution is -2.40.